The summed E-state index contributed by atoms with van der Waals surface area (Å²) in [6, 6.07) is 6.38. The minimum atomic E-state index is -0.956. The van der Waals surface area contributed by atoms with E-state index in [9.17, 15) is 9.59 Å². The van der Waals surface area contributed by atoms with Crippen molar-refractivity contribution in [3.63, 3.8) is 0 Å². The molecule has 1 heterocycles. The number of carbonyl (C=O) groups is 2. The molecule has 16 heavy (non-hydrogen) atoms. The Bertz CT molecular complexity index is 412. The number of aromatic carboxylic acids is 1. The fourth-order valence-electron chi connectivity index (χ4n) is 1.63. The molecule has 2 N–H and O–H groups in total. The summed E-state index contributed by atoms with van der Waals surface area (Å²) < 4.78 is 4.75. The van der Waals surface area contributed by atoms with Crippen molar-refractivity contribution >= 4 is 12.1 Å². The Labute approximate surface area is 92.0 Å². The number of carboxylic acid groups (broad SMARTS) is 1. The molecule has 1 saturated heterocycles. The van der Waals surface area contributed by atoms with Crippen molar-refractivity contribution in [1.29, 1.82) is 0 Å². The Balaban J connectivity index is 2.14. The van der Waals surface area contributed by atoms with Gasteiger partial charge in [0.25, 0.3) is 0 Å². The highest BCUT2D eigenvalue weighted by molar-refractivity contribution is 5.87. The van der Waals surface area contributed by atoms with Crippen molar-refractivity contribution in [2.75, 3.05) is 6.61 Å². The minimum absolute atomic E-state index is 0.0934. The van der Waals surface area contributed by atoms with Gasteiger partial charge in [0.2, 0.25) is 0 Å². The van der Waals surface area contributed by atoms with Gasteiger partial charge in [0.15, 0.2) is 0 Å². The highest BCUT2D eigenvalue weighted by atomic mass is 16.5. The van der Waals surface area contributed by atoms with E-state index in [1.165, 1.54) is 12.1 Å². The van der Waals surface area contributed by atoms with Crippen LogP contribution in [0.2, 0.25) is 0 Å². The van der Waals surface area contributed by atoms with Crippen molar-refractivity contribution in [3.05, 3.63) is 35.4 Å². The van der Waals surface area contributed by atoms with E-state index in [1.54, 1.807) is 12.1 Å². The smallest absolute Gasteiger partial charge is 0.407 e. The molecule has 0 radical (unpaired) electrons. The first-order valence-electron chi connectivity index (χ1n) is 4.93. The standard InChI is InChI=1S/C11H11NO4/c13-10(14)8-3-1-7(2-4-8)9-5-6-16-11(15)12-9/h1-4,9H,5-6H2,(H,12,15)(H,13,14). The predicted octanol–water partition coefficient (Wildman–Crippen LogP) is 1.56. The third-order valence-corrected chi connectivity index (χ3v) is 2.49. The van der Waals surface area contributed by atoms with Crippen molar-refractivity contribution in [2.24, 2.45) is 0 Å². The van der Waals surface area contributed by atoms with E-state index in [-0.39, 0.29) is 11.6 Å². The van der Waals surface area contributed by atoms with Crippen LogP contribution < -0.4 is 5.32 Å². The van der Waals surface area contributed by atoms with Gasteiger partial charge in [-0.1, -0.05) is 12.1 Å². The Morgan fingerprint density at radius 1 is 1.38 bits per heavy atom. The predicted molar refractivity (Wildman–Crippen MR) is 55.2 cm³/mol. The SMILES string of the molecule is O=C1NC(c2ccc(C(=O)O)cc2)CCO1. The van der Waals surface area contributed by atoms with E-state index >= 15 is 0 Å². The van der Waals surface area contributed by atoms with Crippen LogP contribution in [-0.2, 0) is 4.74 Å². The summed E-state index contributed by atoms with van der Waals surface area (Å²) >= 11 is 0. The zero-order valence-corrected chi connectivity index (χ0v) is 8.47. The van der Waals surface area contributed by atoms with Crippen LogP contribution in [0.15, 0.2) is 24.3 Å². The van der Waals surface area contributed by atoms with Gasteiger partial charge in [-0.2, -0.15) is 0 Å². The molecule has 1 unspecified atom stereocenters. The van der Waals surface area contributed by atoms with Gasteiger partial charge in [-0.15, -0.1) is 0 Å². The summed E-state index contributed by atoms with van der Waals surface area (Å²) in [6.45, 7) is 0.386. The van der Waals surface area contributed by atoms with Crippen LogP contribution in [0.3, 0.4) is 0 Å². The number of benzene rings is 1. The molecule has 5 nitrogen and oxygen atoms in total. The summed E-state index contributed by atoms with van der Waals surface area (Å²) in [5.74, 6) is -0.956. The molecule has 1 aliphatic heterocycles. The summed E-state index contributed by atoms with van der Waals surface area (Å²) in [4.78, 5) is 21.6. The lowest BCUT2D eigenvalue weighted by molar-refractivity contribution is 0.0696. The molecule has 0 aliphatic carbocycles. The highest BCUT2D eigenvalue weighted by Crippen LogP contribution is 2.20. The lowest BCUT2D eigenvalue weighted by Gasteiger charge is -2.23. The average Bonchev–Trinajstić information content (AvgIpc) is 2.29. The van der Waals surface area contributed by atoms with E-state index in [4.69, 9.17) is 9.84 Å². The van der Waals surface area contributed by atoms with Gasteiger partial charge in [0.05, 0.1) is 18.2 Å². The number of amides is 1. The molecular weight excluding hydrogens is 210 g/mol. The Morgan fingerprint density at radius 2 is 2.06 bits per heavy atom. The minimum Gasteiger partial charge on any atom is -0.478 e. The van der Waals surface area contributed by atoms with Crippen LogP contribution in [-0.4, -0.2) is 23.8 Å². The third-order valence-electron chi connectivity index (χ3n) is 2.49. The maximum atomic E-state index is 11.0. The molecule has 0 bridgehead atoms. The second kappa shape index (κ2) is 4.22. The number of ether oxygens (including phenoxy) is 1. The second-order valence-corrected chi connectivity index (χ2v) is 3.55. The van der Waals surface area contributed by atoms with Crippen molar-refractivity contribution < 1.29 is 19.4 Å². The zero-order chi connectivity index (χ0) is 11.5. The fraction of sp³-hybridized carbons (Fsp3) is 0.273. The van der Waals surface area contributed by atoms with Crippen molar-refractivity contribution in [2.45, 2.75) is 12.5 Å². The first-order valence-corrected chi connectivity index (χ1v) is 4.93. The Morgan fingerprint density at radius 3 is 2.62 bits per heavy atom. The number of hydrogen-bond acceptors (Lipinski definition) is 3. The van der Waals surface area contributed by atoms with E-state index in [2.05, 4.69) is 5.32 Å². The maximum Gasteiger partial charge on any atom is 0.407 e. The summed E-state index contributed by atoms with van der Waals surface area (Å²) in [7, 11) is 0. The molecule has 1 fully saturated rings. The second-order valence-electron chi connectivity index (χ2n) is 3.55. The first-order chi connectivity index (χ1) is 7.66. The highest BCUT2D eigenvalue weighted by Gasteiger charge is 2.20. The quantitative estimate of drug-likeness (QED) is 0.794. The normalized spacial score (nSPS) is 19.8. The summed E-state index contributed by atoms with van der Waals surface area (Å²) in [6.07, 6.45) is 0.261. The van der Waals surface area contributed by atoms with Gasteiger partial charge in [-0.05, 0) is 17.7 Å². The van der Waals surface area contributed by atoms with E-state index < -0.39 is 12.1 Å². The van der Waals surface area contributed by atoms with Crippen LogP contribution >= 0.6 is 0 Å². The summed E-state index contributed by atoms with van der Waals surface area (Å²) in [5, 5.41) is 11.4. The number of nitrogens with one attached hydrogen (secondary N) is 1. The number of hydrogen-bond donors (Lipinski definition) is 2. The van der Waals surface area contributed by atoms with Gasteiger partial charge in [0, 0.05) is 6.42 Å². The zero-order valence-electron chi connectivity index (χ0n) is 8.47. The molecule has 2 rings (SSSR count). The van der Waals surface area contributed by atoms with Crippen LogP contribution in [0.5, 0.6) is 0 Å². The van der Waals surface area contributed by atoms with Crippen molar-refractivity contribution in [1.82, 2.24) is 5.32 Å². The molecule has 1 atom stereocenters. The number of cyclic esters (lactones) is 1. The molecule has 1 aromatic carbocycles. The first kappa shape index (κ1) is 10.5. The number of alkyl carbamates (subject to hydrolysis) is 1. The lowest BCUT2D eigenvalue weighted by atomic mass is 10.0. The lowest BCUT2D eigenvalue weighted by Crippen LogP contribution is -2.35. The molecule has 1 amide bonds. The van der Waals surface area contributed by atoms with E-state index in [0.29, 0.717) is 13.0 Å². The van der Waals surface area contributed by atoms with Gasteiger partial charge in [-0.3, -0.25) is 0 Å². The maximum absolute atomic E-state index is 11.0. The van der Waals surface area contributed by atoms with Crippen LogP contribution in [0.1, 0.15) is 28.4 Å². The molecule has 0 aromatic heterocycles. The molecule has 1 aromatic rings. The average molecular weight is 221 g/mol. The third kappa shape index (κ3) is 2.13. The largest absolute Gasteiger partial charge is 0.478 e. The molecule has 0 saturated carbocycles. The molecule has 0 spiro atoms. The topological polar surface area (TPSA) is 75.6 Å². The number of carbonyl (C=O) groups excluding carboxylic acids is 1. The molecule has 84 valence electrons. The monoisotopic (exact) mass is 221 g/mol. The van der Waals surface area contributed by atoms with Crippen LogP contribution in [0, 0.1) is 0 Å². The van der Waals surface area contributed by atoms with Gasteiger partial charge in [-0.25, -0.2) is 9.59 Å². The number of carboxylic acids is 1. The Hall–Kier alpha value is -2.04. The molecular formula is C11H11NO4. The van der Waals surface area contributed by atoms with Gasteiger partial charge < -0.3 is 15.2 Å². The van der Waals surface area contributed by atoms with Gasteiger partial charge in [0.1, 0.15) is 0 Å². The van der Waals surface area contributed by atoms with E-state index in [0.717, 1.165) is 5.56 Å². The van der Waals surface area contributed by atoms with Gasteiger partial charge >= 0.3 is 12.1 Å². The van der Waals surface area contributed by atoms with Crippen molar-refractivity contribution in [3.8, 4) is 0 Å². The molecule has 5 heteroatoms. The van der Waals surface area contributed by atoms with Crippen LogP contribution in [0.4, 0.5) is 4.79 Å². The summed E-state index contributed by atoms with van der Waals surface area (Å²) in [5.41, 5.74) is 1.13. The number of rotatable bonds is 2. The van der Waals surface area contributed by atoms with Crippen LogP contribution in [0.25, 0.3) is 0 Å². The Kier molecular flexibility index (Phi) is 2.76. The van der Waals surface area contributed by atoms with E-state index in [1.807, 2.05) is 0 Å². The fourth-order valence-corrected chi connectivity index (χ4v) is 1.63. The molecule has 1 aliphatic rings.